The number of aryl methyl sites for hydroxylation is 1. The third-order valence-corrected chi connectivity index (χ3v) is 2.98. The summed E-state index contributed by atoms with van der Waals surface area (Å²) in [7, 11) is 0. The number of aromatic nitrogens is 2. The van der Waals surface area contributed by atoms with Crippen molar-refractivity contribution in [3.8, 4) is 0 Å². The van der Waals surface area contributed by atoms with Crippen molar-refractivity contribution in [1.82, 2.24) is 9.78 Å². The molecule has 1 aromatic heterocycles. The predicted molar refractivity (Wildman–Crippen MR) is 68.5 cm³/mol. The zero-order chi connectivity index (χ0) is 11.9. The molecule has 0 unspecified atom stereocenters. The number of fused-ring (bicyclic) bond motifs is 1. The summed E-state index contributed by atoms with van der Waals surface area (Å²) in [4.78, 5) is 0. The average molecular weight is 283 g/mol. The highest BCUT2D eigenvalue weighted by atomic mass is 79.9. The largest absolute Gasteiger partial charge is 0.389 e. The molecule has 0 aliphatic rings. The van der Waals surface area contributed by atoms with Crippen LogP contribution in [-0.4, -0.2) is 20.5 Å². The van der Waals surface area contributed by atoms with E-state index in [1.165, 1.54) is 5.56 Å². The first kappa shape index (κ1) is 11.6. The Morgan fingerprint density at radius 3 is 2.75 bits per heavy atom. The Hall–Kier alpha value is -0.870. The summed E-state index contributed by atoms with van der Waals surface area (Å²) >= 11 is 3.45. The topological polar surface area (TPSA) is 38.0 Å². The monoisotopic (exact) mass is 282 g/mol. The fourth-order valence-electron chi connectivity index (χ4n) is 1.74. The maximum atomic E-state index is 9.82. The van der Waals surface area contributed by atoms with Crippen molar-refractivity contribution >= 4 is 26.8 Å². The van der Waals surface area contributed by atoms with Gasteiger partial charge in [-0.1, -0.05) is 11.6 Å². The van der Waals surface area contributed by atoms with Crippen LogP contribution in [0.5, 0.6) is 0 Å². The summed E-state index contributed by atoms with van der Waals surface area (Å²) in [5.41, 5.74) is 1.49. The maximum Gasteiger partial charge on any atom is 0.136 e. The van der Waals surface area contributed by atoms with Crippen LogP contribution in [0.15, 0.2) is 22.8 Å². The number of nitrogens with zero attached hydrogens (tertiary/aromatic N) is 2. The lowest BCUT2D eigenvalue weighted by Crippen LogP contribution is -2.26. The third-order valence-electron chi connectivity index (χ3n) is 2.40. The normalized spacial score (nSPS) is 12.3. The first-order chi connectivity index (χ1) is 7.37. The number of hydrogen-bond acceptors (Lipinski definition) is 2. The molecule has 0 radical (unpaired) electrons. The van der Waals surface area contributed by atoms with Gasteiger partial charge in [0.05, 0.1) is 17.7 Å². The van der Waals surface area contributed by atoms with Gasteiger partial charge in [-0.2, -0.15) is 5.10 Å². The molecule has 1 heterocycles. The van der Waals surface area contributed by atoms with Crippen molar-refractivity contribution in [2.24, 2.45) is 0 Å². The molecule has 0 spiro atoms. The van der Waals surface area contributed by atoms with E-state index in [9.17, 15) is 5.11 Å². The molecule has 0 fully saturated rings. The Labute approximate surface area is 103 Å². The lowest BCUT2D eigenvalue weighted by molar-refractivity contribution is 0.0590. The Kier molecular flexibility index (Phi) is 2.80. The highest BCUT2D eigenvalue weighted by Crippen LogP contribution is 2.25. The molecule has 2 rings (SSSR count). The number of hydrogen-bond donors (Lipinski definition) is 1. The van der Waals surface area contributed by atoms with Gasteiger partial charge in [0.2, 0.25) is 0 Å². The van der Waals surface area contributed by atoms with Gasteiger partial charge in [-0.3, -0.25) is 4.68 Å². The number of benzene rings is 1. The molecule has 4 heteroatoms. The van der Waals surface area contributed by atoms with Crippen molar-refractivity contribution in [2.45, 2.75) is 32.9 Å². The molecule has 0 bridgehead atoms. The molecule has 1 N–H and O–H groups in total. The second-order valence-electron chi connectivity index (χ2n) is 4.78. The standard InChI is InChI=1S/C12H15BrN2O/c1-8-4-5-10-9(6-8)11(13)14-15(10)7-12(2,3)16/h4-6,16H,7H2,1-3H3. The lowest BCUT2D eigenvalue weighted by atomic mass is 10.1. The molecule has 1 aromatic carbocycles. The van der Waals surface area contributed by atoms with E-state index >= 15 is 0 Å². The summed E-state index contributed by atoms with van der Waals surface area (Å²) in [6, 6.07) is 6.18. The number of rotatable bonds is 2. The number of halogens is 1. The zero-order valence-corrected chi connectivity index (χ0v) is 11.2. The van der Waals surface area contributed by atoms with Gasteiger partial charge < -0.3 is 5.11 Å². The predicted octanol–water partition coefficient (Wildman–Crippen LogP) is 2.88. The van der Waals surface area contributed by atoms with Crippen LogP contribution in [0.3, 0.4) is 0 Å². The quantitative estimate of drug-likeness (QED) is 0.920. The van der Waals surface area contributed by atoms with Crippen molar-refractivity contribution in [3.63, 3.8) is 0 Å². The van der Waals surface area contributed by atoms with E-state index in [2.05, 4.69) is 40.1 Å². The van der Waals surface area contributed by atoms with Gasteiger partial charge in [0, 0.05) is 5.39 Å². The minimum Gasteiger partial charge on any atom is -0.389 e. The Balaban J connectivity index is 2.55. The van der Waals surface area contributed by atoms with Crippen LogP contribution in [0.25, 0.3) is 10.9 Å². The third kappa shape index (κ3) is 2.28. The van der Waals surface area contributed by atoms with Gasteiger partial charge in [0.25, 0.3) is 0 Å². The lowest BCUT2D eigenvalue weighted by Gasteiger charge is -2.17. The van der Waals surface area contributed by atoms with E-state index < -0.39 is 5.60 Å². The number of aliphatic hydroxyl groups is 1. The minimum absolute atomic E-state index is 0.484. The highest BCUT2D eigenvalue weighted by molar-refractivity contribution is 9.10. The van der Waals surface area contributed by atoms with Gasteiger partial charge in [-0.25, -0.2) is 0 Å². The fourth-order valence-corrected chi connectivity index (χ4v) is 2.25. The van der Waals surface area contributed by atoms with E-state index in [4.69, 9.17) is 0 Å². The molecule has 0 atom stereocenters. The molecule has 0 saturated heterocycles. The smallest absolute Gasteiger partial charge is 0.136 e. The van der Waals surface area contributed by atoms with Crippen LogP contribution < -0.4 is 0 Å². The van der Waals surface area contributed by atoms with Gasteiger partial charge >= 0.3 is 0 Å². The van der Waals surface area contributed by atoms with E-state index in [0.29, 0.717) is 6.54 Å². The van der Waals surface area contributed by atoms with Crippen molar-refractivity contribution in [1.29, 1.82) is 0 Å². The maximum absolute atomic E-state index is 9.82. The van der Waals surface area contributed by atoms with E-state index in [0.717, 1.165) is 15.5 Å². The molecular formula is C12H15BrN2O. The second kappa shape index (κ2) is 3.86. The zero-order valence-electron chi connectivity index (χ0n) is 9.66. The van der Waals surface area contributed by atoms with E-state index in [1.807, 2.05) is 10.7 Å². The van der Waals surface area contributed by atoms with Gasteiger partial charge in [0.15, 0.2) is 0 Å². The first-order valence-electron chi connectivity index (χ1n) is 5.22. The van der Waals surface area contributed by atoms with Crippen LogP contribution >= 0.6 is 15.9 Å². The second-order valence-corrected chi connectivity index (χ2v) is 5.53. The highest BCUT2D eigenvalue weighted by Gasteiger charge is 2.17. The van der Waals surface area contributed by atoms with E-state index in [-0.39, 0.29) is 0 Å². The summed E-state index contributed by atoms with van der Waals surface area (Å²) < 4.78 is 2.66. The summed E-state index contributed by atoms with van der Waals surface area (Å²) in [6.07, 6.45) is 0. The fraction of sp³-hybridized carbons (Fsp3) is 0.417. The average Bonchev–Trinajstić information content (AvgIpc) is 2.40. The molecule has 0 aliphatic heterocycles. The Morgan fingerprint density at radius 1 is 1.44 bits per heavy atom. The first-order valence-corrected chi connectivity index (χ1v) is 6.01. The van der Waals surface area contributed by atoms with Crippen molar-refractivity contribution in [2.75, 3.05) is 0 Å². The van der Waals surface area contributed by atoms with Crippen molar-refractivity contribution < 1.29 is 5.11 Å². The van der Waals surface area contributed by atoms with Crippen LogP contribution in [0.2, 0.25) is 0 Å². The van der Waals surface area contributed by atoms with Crippen molar-refractivity contribution in [3.05, 3.63) is 28.4 Å². The minimum atomic E-state index is -0.761. The molecule has 0 aliphatic carbocycles. The molecular weight excluding hydrogens is 268 g/mol. The molecule has 16 heavy (non-hydrogen) atoms. The van der Waals surface area contributed by atoms with Gasteiger partial charge in [-0.05, 0) is 48.8 Å². The van der Waals surface area contributed by atoms with Crippen LogP contribution in [0.4, 0.5) is 0 Å². The van der Waals surface area contributed by atoms with Crippen LogP contribution in [0, 0.1) is 6.92 Å². The molecule has 0 saturated carbocycles. The molecule has 0 amide bonds. The van der Waals surface area contributed by atoms with Crippen LogP contribution in [0.1, 0.15) is 19.4 Å². The Bertz CT molecular complexity index is 526. The molecule has 86 valence electrons. The molecule has 2 aromatic rings. The summed E-state index contributed by atoms with van der Waals surface area (Å²) in [5.74, 6) is 0. The summed E-state index contributed by atoms with van der Waals surface area (Å²) in [5, 5.41) is 15.3. The van der Waals surface area contributed by atoms with E-state index in [1.54, 1.807) is 13.8 Å². The van der Waals surface area contributed by atoms with Gasteiger partial charge in [-0.15, -0.1) is 0 Å². The van der Waals surface area contributed by atoms with Gasteiger partial charge in [0.1, 0.15) is 4.60 Å². The Morgan fingerprint density at radius 2 is 2.12 bits per heavy atom. The summed E-state index contributed by atoms with van der Waals surface area (Å²) in [6.45, 7) is 6.10. The van der Waals surface area contributed by atoms with Crippen LogP contribution in [-0.2, 0) is 6.54 Å². The molecule has 3 nitrogen and oxygen atoms in total. The SMILES string of the molecule is Cc1ccc2c(c1)c(Br)nn2CC(C)(C)O.